The summed E-state index contributed by atoms with van der Waals surface area (Å²) in [4.78, 5) is 0. The van der Waals surface area contributed by atoms with Crippen molar-refractivity contribution in [1.82, 2.24) is 5.32 Å². The summed E-state index contributed by atoms with van der Waals surface area (Å²) in [5.41, 5.74) is 1.52. The summed E-state index contributed by atoms with van der Waals surface area (Å²) in [5, 5.41) is 13.4. The molecule has 0 amide bonds. The standard InChI is InChI=1S/C17H25NO2/c1-2-20-16-11-15(17(16)9-6-10-17)18-14(12-19)13-7-4-3-5-8-13/h3-5,7-8,14-16,18-19H,2,6,9-12H2,1H3/t14-,15?,16?/m1/s1. The highest BCUT2D eigenvalue weighted by Gasteiger charge is 2.59. The van der Waals surface area contributed by atoms with Crippen LogP contribution in [0.25, 0.3) is 0 Å². The van der Waals surface area contributed by atoms with Crippen molar-refractivity contribution in [2.75, 3.05) is 13.2 Å². The number of ether oxygens (including phenoxy) is 1. The zero-order valence-corrected chi connectivity index (χ0v) is 12.2. The van der Waals surface area contributed by atoms with Gasteiger partial charge in [-0.05, 0) is 31.7 Å². The third-order valence-corrected chi connectivity index (χ3v) is 5.22. The van der Waals surface area contributed by atoms with Crippen LogP contribution in [0.15, 0.2) is 30.3 Å². The van der Waals surface area contributed by atoms with Crippen LogP contribution in [0.3, 0.4) is 0 Å². The predicted molar refractivity (Wildman–Crippen MR) is 79.5 cm³/mol. The van der Waals surface area contributed by atoms with Crippen molar-refractivity contribution < 1.29 is 9.84 Å². The van der Waals surface area contributed by atoms with Gasteiger partial charge in [0, 0.05) is 18.1 Å². The third kappa shape index (κ3) is 2.28. The molecule has 1 aromatic rings. The molecule has 3 nitrogen and oxygen atoms in total. The number of benzene rings is 1. The van der Waals surface area contributed by atoms with Crippen LogP contribution in [-0.2, 0) is 4.74 Å². The highest BCUT2D eigenvalue weighted by atomic mass is 16.5. The molecule has 110 valence electrons. The van der Waals surface area contributed by atoms with E-state index in [1.807, 2.05) is 18.2 Å². The minimum atomic E-state index is 0.0428. The van der Waals surface area contributed by atoms with Gasteiger partial charge in [-0.15, -0.1) is 0 Å². The Morgan fingerprint density at radius 2 is 2.10 bits per heavy atom. The third-order valence-electron chi connectivity index (χ3n) is 5.22. The van der Waals surface area contributed by atoms with Crippen molar-refractivity contribution in [3.63, 3.8) is 0 Å². The molecule has 1 spiro atoms. The minimum absolute atomic E-state index is 0.0428. The summed E-state index contributed by atoms with van der Waals surface area (Å²) in [6.45, 7) is 3.03. The number of aliphatic hydroxyl groups excluding tert-OH is 1. The molecule has 0 heterocycles. The molecule has 2 saturated carbocycles. The monoisotopic (exact) mass is 275 g/mol. The van der Waals surface area contributed by atoms with Crippen LogP contribution in [-0.4, -0.2) is 30.5 Å². The first-order chi connectivity index (χ1) is 9.80. The van der Waals surface area contributed by atoms with Crippen LogP contribution in [0.5, 0.6) is 0 Å². The molecule has 3 atom stereocenters. The Kier molecular flexibility index (Phi) is 4.11. The molecular formula is C17H25NO2. The van der Waals surface area contributed by atoms with Gasteiger partial charge in [0.05, 0.1) is 18.8 Å². The molecule has 3 rings (SSSR count). The molecule has 2 fully saturated rings. The summed E-state index contributed by atoms with van der Waals surface area (Å²) in [6, 6.07) is 10.8. The van der Waals surface area contributed by atoms with E-state index in [9.17, 15) is 5.11 Å². The average molecular weight is 275 g/mol. The van der Waals surface area contributed by atoms with E-state index in [0.29, 0.717) is 17.6 Å². The summed E-state index contributed by atoms with van der Waals surface area (Å²) < 4.78 is 5.88. The Bertz CT molecular complexity index is 430. The summed E-state index contributed by atoms with van der Waals surface area (Å²) in [6.07, 6.45) is 5.35. The highest BCUT2D eigenvalue weighted by molar-refractivity contribution is 5.21. The van der Waals surface area contributed by atoms with Crippen LogP contribution in [0.1, 0.15) is 44.2 Å². The number of hydrogen-bond acceptors (Lipinski definition) is 3. The van der Waals surface area contributed by atoms with Gasteiger partial charge < -0.3 is 15.2 Å². The first kappa shape index (κ1) is 14.1. The fraction of sp³-hybridized carbons (Fsp3) is 0.647. The summed E-state index contributed by atoms with van der Waals surface area (Å²) in [5.74, 6) is 0. The second-order valence-electron chi connectivity index (χ2n) is 6.13. The van der Waals surface area contributed by atoms with Crippen LogP contribution >= 0.6 is 0 Å². The Balaban J connectivity index is 1.66. The van der Waals surface area contributed by atoms with Crippen molar-refractivity contribution in [3.05, 3.63) is 35.9 Å². The SMILES string of the molecule is CCOC1CC(N[C@H](CO)c2ccccc2)C12CCC2. The lowest BCUT2D eigenvalue weighted by atomic mass is 9.51. The van der Waals surface area contributed by atoms with Gasteiger partial charge in [-0.2, -0.15) is 0 Å². The van der Waals surface area contributed by atoms with E-state index in [-0.39, 0.29) is 12.6 Å². The first-order valence-corrected chi connectivity index (χ1v) is 7.83. The van der Waals surface area contributed by atoms with Gasteiger partial charge >= 0.3 is 0 Å². The van der Waals surface area contributed by atoms with Gasteiger partial charge in [-0.1, -0.05) is 36.8 Å². The predicted octanol–water partition coefficient (Wildman–Crippen LogP) is 2.66. The van der Waals surface area contributed by atoms with Gasteiger partial charge in [0.1, 0.15) is 0 Å². The Morgan fingerprint density at radius 1 is 1.35 bits per heavy atom. The van der Waals surface area contributed by atoms with Crippen LogP contribution in [0.2, 0.25) is 0 Å². The summed E-state index contributed by atoms with van der Waals surface area (Å²) >= 11 is 0. The topological polar surface area (TPSA) is 41.5 Å². The van der Waals surface area contributed by atoms with E-state index in [4.69, 9.17) is 4.74 Å². The highest BCUT2D eigenvalue weighted by Crippen LogP contribution is 2.57. The van der Waals surface area contributed by atoms with E-state index in [0.717, 1.165) is 13.0 Å². The second-order valence-corrected chi connectivity index (χ2v) is 6.13. The molecule has 2 N–H and O–H groups in total. The molecule has 0 radical (unpaired) electrons. The van der Waals surface area contributed by atoms with Crippen molar-refractivity contribution in [2.45, 2.75) is 50.8 Å². The van der Waals surface area contributed by atoms with E-state index >= 15 is 0 Å². The Morgan fingerprint density at radius 3 is 2.65 bits per heavy atom. The lowest BCUT2D eigenvalue weighted by Gasteiger charge is -2.61. The molecule has 2 unspecified atom stereocenters. The fourth-order valence-corrected chi connectivity index (χ4v) is 3.85. The van der Waals surface area contributed by atoms with Crippen LogP contribution < -0.4 is 5.32 Å². The Hall–Kier alpha value is -0.900. The maximum absolute atomic E-state index is 9.68. The Labute approximate surface area is 121 Å². The molecule has 0 bridgehead atoms. The summed E-state index contributed by atoms with van der Waals surface area (Å²) in [7, 11) is 0. The van der Waals surface area contributed by atoms with Gasteiger partial charge in [0.2, 0.25) is 0 Å². The maximum Gasteiger partial charge on any atom is 0.0661 e. The van der Waals surface area contributed by atoms with Crippen molar-refractivity contribution in [2.24, 2.45) is 5.41 Å². The average Bonchev–Trinajstić information content (AvgIpc) is 2.41. The van der Waals surface area contributed by atoms with Crippen LogP contribution in [0, 0.1) is 5.41 Å². The smallest absolute Gasteiger partial charge is 0.0661 e. The van der Waals surface area contributed by atoms with Gasteiger partial charge in [0.15, 0.2) is 0 Å². The quantitative estimate of drug-likeness (QED) is 0.838. The van der Waals surface area contributed by atoms with E-state index in [1.165, 1.54) is 24.8 Å². The van der Waals surface area contributed by atoms with E-state index in [1.54, 1.807) is 0 Å². The molecule has 1 aromatic carbocycles. The van der Waals surface area contributed by atoms with Gasteiger partial charge in [0.25, 0.3) is 0 Å². The number of rotatable bonds is 6. The lowest BCUT2D eigenvalue weighted by Crippen LogP contribution is -2.67. The molecule has 3 heteroatoms. The first-order valence-electron chi connectivity index (χ1n) is 7.83. The number of hydrogen-bond donors (Lipinski definition) is 2. The zero-order valence-electron chi connectivity index (χ0n) is 12.2. The largest absolute Gasteiger partial charge is 0.394 e. The molecular weight excluding hydrogens is 250 g/mol. The minimum Gasteiger partial charge on any atom is -0.394 e. The molecule has 2 aliphatic carbocycles. The van der Waals surface area contributed by atoms with E-state index < -0.39 is 0 Å². The molecule has 0 aliphatic heterocycles. The van der Waals surface area contributed by atoms with Crippen molar-refractivity contribution in [3.8, 4) is 0 Å². The normalized spacial score (nSPS) is 28.7. The van der Waals surface area contributed by atoms with Gasteiger partial charge in [-0.3, -0.25) is 0 Å². The molecule has 0 saturated heterocycles. The maximum atomic E-state index is 9.68. The zero-order chi connectivity index (χ0) is 14.0. The molecule has 0 aromatic heterocycles. The number of aliphatic hydroxyl groups is 1. The second kappa shape index (κ2) is 5.84. The van der Waals surface area contributed by atoms with Gasteiger partial charge in [-0.25, -0.2) is 0 Å². The molecule has 2 aliphatic rings. The molecule has 20 heavy (non-hydrogen) atoms. The van der Waals surface area contributed by atoms with E-state index in [2.05, 4.69) is 24.4 Å². The lowest BCUT2D eigenvalue weighted by molar-refractivity contribution is -0.175. The van der Waals surface area contributed by atoms with Crippen molar-refractivity contribution in [1.29, 1.82) is 0 Å². The van der Waals surface area contributed by atoms with Crippen molar-refractivity contribution >= 4 is 0 Å². The number of nitrogens with one attached hydrogen (secondary N) is 1. The van der Waals surface area contributed by atoms with Crippen LogP contribution in [0.4, 0.5) is 0 Å². The fourth-order valence-electron chi connectivity index (χ4n) is 3.85.